The second kappa shape index (κ2) is 5.29. The lowest BCUT2D eigenvalue weighted by molar-refractivity contribution is 0.102. The van der Waals surface area contributed by atoms with Crippen LogP contribution in [0.5, 0.6) is 5.75 Å². The number of hydrogen-bond acceptors (Lipinski definition) is 4. The van der Waals surface area contributed by atoms with Gasteiger partial charge < -0.3 is 10.1 Å². The van der Waals surface area contributed by atoms with E-state index >= 15 is 0 Å². The Kier molecular flexibility index (Phi) is 3.75. The van der Waals surface area contributed by atoms with Crippen LogP contribution in [0.15, 0.2) is 33.6 Å². The van der Waals surface area contributed by atoms with Crippen molar-refractivity contribution in [3.63, 3.8) is 0 Å². The van der Waals surface area contributed by atoms with Crippen LogP contribution < -0.4 is 10.1 Å². The zero-order valence-corrected chi connectivity index (χ0v) is 11.3. The van der Waals surface area contributed by atoms with Gasteiger partial charge in [-0.2, -0.15) is 0 Å². The van der Waals surface area contributed by atoms with Crippen molar-refractivity contribution in [3.8, 4) is 5.75 Å². The van der Waals surface area contributed by atoms with E-state index < -0.39 is 0 Å². The molecule has 0 aliphatic carbocycles. The van der Waals surface area contributed by atoms with Gasteiger partial charge in [0.05, 0.1) is 18.3 Å². The highest BCUT2D eigenvalue weighted by atomic mass is 79.9. The van der Waals surface area contributed by atoms with E-state index in [1.165, 1.54) is 11.3 Å². The summed E-state index contributed by atoms with van der Waals surface area (Å²) < 4.78 is 6.03. The maximum Gasteiger partial charge on any atom is 0.275 e. The number of carbonyl (C=O) groups excluding carboxylic acids is 1. The van der Waals surface area contributed by atoms with Gasteiger partial charge in [0.1, 0.15) is 11.4 Å². The van der Waals surface area contributed by atoms with Gasteiger partial charge in [-0.25, -0.2) is 4.98 Å². The SMILES string of the molecule is COc1ccc(Br)cc1NC(=O)c1cscn1. The number of methoxy groups -OCH3 is 1. The molecule has 0 atom stereocenters. The molecule has 4 nitrogen and oxygen atoms in total. The molecular formula is C11H9BrN2O2S. The number of halogens is 1. The van der Waals surface area contributed by atoms with E-state index in [4.69, 9.17) is 4.74 Å². The van der Waals surface area contributed by atoms with Gasteiger partial charge in [-0.15, -0.1) is 11.3 Å². The molecule has 1 heterocycles. The van der Waals surface area contributed by atoms with Crippen LogP contribution in [-0.4, -0.2) is 18.0 Å². The Labute approximate surface area is 111 Å². The molecule has 1 aromatic carbocycles. The summed E-state index contributed by atoms with van der Waals surface area (Å²) in [5, 5.41) is 4.45. The van der Waals surface area contributed by atoms with Crippen molar-refractivity contribution in [1.29, 1.82) is 0 Å². The number of carbonyl (C=O) groups is 1. The maximum atomic E-state index is 11.8. The van der Waals surface area contributed by atoms with Crippen molar-refractivity contribution in [2.75, 3.05) is 12.4 Å². The summed E-state index contributed by atoms with van der Waals surface area (Å²) in [4.78, 5) is 15.8. The number of nitrogens with zero attached hydrogens (tertiary/aromatic N) is 1. The minimum Gasteiger partial charge on any atom is -0.495 e. The molecule has 0 aliphatic heterocycles. The highest BCUT2D eigenvalue weighted by molar-refractivity contribution is 9.10. The molecular weight excluding hydrogens is 304 g/mol. The third-order valence-corrected chi connectivity index (χ3v) is 3.15. The van der Waals surface area contributed by atoms with Gasteiger partial charge in [0, 0.05) is 9.85 Å². The third-order valence-electron chi connectivity index (χ3n) is 2.07. The normalized spacial score (nSPS) is 10.0. The summed E-state index contributed by atoms with van der Waals surface area (Å²) in [6, 6.07) is 5.40. The molecule has 0 aliphatic rings. The van der Waals surface area contributed by atoms with E-state index in [-0.39, 0.29) is 5.91 Å². The number of anilines is 1. The Morgan fingerprint density at radius 1 is 1.53 bits per heavy atom. The fraction of sp³-hybridized carbons (Fsp3) is 0.0909. The van der Waals surface area contributed by atoms with E-state index in [0.29, 0.717) is 17.1 Å². The lowest BCUT2D eigenvalue weighted by Gasteiger charge is -2.09. The van der Waals surface area contributed by atoms with Crippen LogP contribution in [0.4, 0.5) is 5.69 Å². The molecule has 0 unspecified atom stereocenters. The van der Waals surface area contributed by atoms with Gasteiger partial charge in [0.15, 0.2) is 0 Å². The Morgan fingerprint density at radius 2 is 2.35 bits per heavy atom. The molecule has 0 spiro atoms. The van der Waals surface area contributed by atoms with Crippen molar-refractivity contribution in [3.05, 3.63) is 39.3 Å². The number of aromatic nitrogens is 1. The summed E-state index contributed by atoms with van der Waals surface area (Å²) in [7, 11) is 1.56. The first-order valence-electron chi connectivity index (χ1n) is 4.74. The molecule has 0 saturated carbocycles. The van der Waals surface area contributed by atoms with Crippen molar-refractivity contribution >= 4 is 38.9 Å². The summed E-state index contributed by atoms with van der Waals surface area (Å²) in [5.41, 5.74) is 2.63. The fourth-order valence-corrected chi connectivity index (χ4v) is 2.18. The van der Waals surface area contributed by atoms with Crippen LogP contribution in [0.25, 0.3) is 0 Å². The van der Waals surface area contributed by atoms with Gasteiger partial charge in [0.25, 0.3) is 5.91 Å². The molecule has 1 aromatic heterocycles. The minimum atomic E-state index is -0.248. The summed E-state index contributed by atoms with van der Waals surface area (Å²) in [5.74, 6) is 0.361. The molecule has 0 saturated heterocycles. The zero-order chi connectivity index (χ0) is 12.3. The minimum absolute atomic E-state index is 0.248. The van der Waals surface area contributed by atoms with Gasteiger partial charge in [-0.05, 0) is 18.2 Å². The van der Waals surface area contributed by atoms with Crippen LogP contribution in [0.2, 0.25) is 0 Å². The maximum absolute atomic E-state index is 11.8. The topological polar surface area (TPSA) is 51.2 Å². The lowest BCUT2D eigenvalue weighted by atomic mass is 10.3. The zero-order valence-electron chi connectivity index (χ0n) is 8.94. The number of benzene rings is 1. The van der Waals surface area contributed by atoms with E-state index in [1.807, 2.05) is 6.07 Å². The third kappa shape index (κ3) is 2.83. The van der Waals surface area contributed by atoms with Crippen molar-refractivity contribution in [1.82, 2.24) is 4.98 Å². The largest absolute Gasteiger partial charge is 0.495 e. The van der Waals surface area contributed by atoms with Crippen molar-refractivity contribution in [2.45, 2.75) is 0 Å². The predicted octanol–water partition coefficient (Wildman–Crippen LogP) is 3.17. The lowest BCUT2D eigenvalue weighted by Crippen LogP contribution is -2.12. The molecule has 0 fully saturated rings. The van der Waals surface area contributed by atoms with Crippen molar-refractivity contribution < 1.29 is 9.53 Å². The number of ether oxygens (including phenoxy) is 1. The molecule has 6 heteroatoms. The van der Waals surface area contributed by atoms with Crippen LogP contribution in [0.3, 0.4) is 0 Å². The summed E-state index contributed by atoms with van der Waals surface area (Å²) in [6.45, 7) is 0. The fourth-order valence-electron chi connectivity index (χ4n) is 1.29. The Morgan fingerprint density at radius 3 is 3.00 bits per heavy atom. The van der Waals surface area contributed by atoms with Crippen molar-refractivity contribution in [2.24, 2.45) is 0 Å². The first-order chi connectivity index (χ1) is 8.20. The van der Waals surface area contributed by atoms with E-state index in [2.05, 4.69) is 26.2 Å². The average Bonchev–Trinajstić information content (AvgIpc) is 2.83. The molecule has 0 radical (unpaired) electrons. The molecule has 1 amide bonds. The van der Waals surface area contributed by atoms with Crippen LogP contribution >= 0.6 is 27.3 Å². The number of amides is 1. The molecule has 0 bridgehead atoms. The van der Waals surface area contributed by atoms with Crippen LogP contribution in [0, 0.1) is 0 Å². The number of rotatable bonds is 3. The summed E-state index contributed by atoms with van der Waals surface area (Å²) in [6.07, 6.45) is 0. The standard InChI is InChI=1S/C11H9BrN2O2S/c1-16-10-3-2-7(12)4-8(10)14-11(15)9-5-17-6-13-9/h2-6H,1H3,(H,14,15). The second-order valence-electron chi connectivity index (χ2n) is 3.17. The van der Waals surface area contributed by atoms with Gasteiger partial charge in [0.2, 0.25) is 0 Å². The predicted molar refractivity (Wildman–Crippen MR) is 70.8 cm³/mol. The first-order valence-corrected chi connectivity index (χ1v) is 6.47. The quantitative estimate of drug-likeness (QED) is 0.947. The monoisotopic (exact) mass is 312 g/mol. The first kappa shape index (κ1) is 12.1. The van der Waals surface area contributed by atoms with Gasteiger partial charge in [-0.3, -0.25) is 4.79 Å². The van der Waals surface area contributed by atoms with E-state index in [0.717, 1.165) is 4.47 Å². The average molecular weight is 313 g/mol. The smallest absolute Gasteiger partial charge is 0.275 e. The van der Waals surface area contributed by atoms with E-state index in [1.54, 1.807) is 30.1 Å². The Hall–Kier alpha value is -1.40. The van der Waals surface area contributed by atoms with Crippen LogP contribution in [-0.2, 0) is 0 Å². The van der Waals surface area contributed by atoms with Crippen LogP contribution in [0.1, 0.15) is 10.5 Å². The molecule has 88 valence electrons. The summed E-state index contributed by atoms with van der Waals surface area (Å²) >= 11 is 4.72. The van der Waals surface area contributed by atoms with Gasteiger partial charge in [-0.1, -0.05) is 15.9 Å². The number of nitrogens with one attached hydrogen (secondary N) is 1. The van der Waals surface area contributed by atoms with E-state index in [9.17, 15) is 4.79 Å². The second-order valence-corrected chi connectivity index (χ2v) is 4.81. The number of thiazole rings is 1. The molecule has 2 rings (SSSR count). The van der Waals surface area contributed by atoms with Gasteiger partial charge >= 0.3 is 0 Å². The Bertz CT molecular complexity index is 528. The highest BCUT2D eigenvalue weighted by Crippen LogP contribution is 2.28. The molecule has 17 heavy (non-hydrogen) atoms. The Balaban J connectivity index is 2.23. The highest BCUT2D eigenvalue weighted by Gasteiger charge is 2.11. The number of hydrogen-bond donors (Lipinski definition) is 1. The molecule has 1 N–H and O–H groups in total. The molecule has 2 aromatic rings.